The lowest BCUT2D eigenvalue weighted by atomic mass is 10.0. The Morgan fingerprint density at radius 2 is 1.93 bits per heavy atom. The summed E-state index contributed by atoms with van der Waals surface area (Å²) in [4.78, 5) is 25.6. The summed E-state index contributed by atoms with van der Waals surface area (Å²) in [6.45, 7) is 2.56. The van der Waals surface area contributed by atoms with Crippen molar-refractivity contribution in [1.29, 1.82) is 0 Å². The third-order valence-electron chi connectivity index (χ3n) is 5.75. The topological polar surface area (TPSA) is 77.0 Å². The van der Waals surface area contributed by atoms with Gasteiger partial charge in [-0.3, -0.25) is 4.79 Å². The van der Waals surface area contributed by atoms with Gasteiger partial charge in [0.05, 0.1) is 16.3 Å². The Morgan fingerprint density at radius 1 is 1.17 bits per heavy atom. The molecule has 6 nitrogen and oxygen atoms in total. The number of aryl methyl sites for hydroxylation is 1. The fourth-order valence-corrected chi connectivity index (χ4v) is 4.83. The van der Waals surface area contributed by atoms with Crippen LogP contribution in [0.15, 0.2) is 24.5 Å². The summed E-state index contributed by atoms with van der Waals surface area (Å²) in [5.41, 5.74) is 4.10. The first kappa shape index (κ1) is 18.6. The van der Waals surface area contributed by atoms with Gasteiger partial charge in [-0.2, -0.15) is 0 Å². The van der Waals surface area contributed by atoms with Crippen molar-refractivity contribution in [2.24, 2.45) is 5.92 Å². The lowest BCUT2D eigenvalue weighted by Gasteiger charge is -2.10. The van der Waals surface area contributed by atoms with Crippen LogP contribution in [0.25, 0.3) is 21.3 Å². The molecule has 29 heavy (non-hydrogen) atoms. The minimum atomic E-state index is 0.0887. The smallest absolute Gasteiger partial charge is 0.229 e. The number of thiazole rings is 1. The lowest BCUT2D eigenvalue weighted by Crippen LogP contribution is -2.12. The number of rotatable bonds is 6. The predicted molar refractivity (Wildman–Crippen MR) is 114 cm³/mol. The molecular weight excluding hydrogens is 384 g/mol. The van der Waals surface area contributed by atoms with Crippen LogP contribution in [0.1, 0.15) is 49.9 Å². The Hall–Kier alpha value is -2.38. The van der Waals surface area contributed by atoms with Crippen molar-refractivity contribution < 1.29 is 9.53 Å². The summed E-state index contributed by atoms with van der Waals surface area (Å²) in [5, 5.41) is 3.63. The number of hydrogen-bond donors (Lipinski definition) is 1. The number of aromatic nitrogens is 3. The van der Waals surface area contributed by atoms with Crippen LogP contribution in [0.2, 0.25) is 0 Å². The average Bonchev–Trinajstić information content (AvgIpc) is 3.30. The molecule has 2 aromatic heterocycles. The summed E-state index contributed by atoms with van der Waals surface area (Å²) in [5.74, 6) is 0.986. The van der Waals surface area contributed by atoms with Gasteiger partial charge in [0.15, 0.2) is 11.0 Å². The van der Waals surface area contributed by atoms with E-state index in [2.05, 4.69) is 33.3 Å². The van der Waals surface area contributed by atoms with E-state index >= 15 is 0 Å². The van der Waals surface area contributed by atoms with Crippen LogP contribution in [0.5, 0.6) is 0 Å². The van der Waals surface area contributed by atoms with Crippen molar-refractivity contribution in [3.05, 3.63) is 35.9 Å². The molecule has 0 radical (unpaired) electrons. The molecule has 0 bridgehead atoms. The number of nitrogens with zero attached hydrogens (tertiary/aromatic N) is 3. The summed E-state index contributed by atoms with van der Waals surface area (Å²) in [6, 6.07) is 4.05. The molecule has 1 aromatic carbocycles. The van der Waals surface area contributed by atoms with Gasteiger partial charge in [-0.25, -0.2) is 15.0 Å². The molecule has 1 N–H and O–H groups in total. The highest BCUT2D eigenvalue weighted by atomic mass is 32.1. The third-order valence-corrected chi connectivity index (χ3v) is 6.86. The largest absolute Gasteiger partial charge is 0.370 e. The maximum Gasteiger partial charge on any atom is 0.229 e. The molecule has 2 aliphatic rings. The minimum absolute atomic E-state index is 0.0887. The van der Waals surface area contributed by atoms with Gasteiger partial charge in [-0.15, -0.1) is 0 Å². The molecule has 5 rings (SSSR count). The molecule has 0 saturated heterocycles. The van der Waals surface area contributed by atoms with E-state index in [1.165, 1.54) is 24.2 Å². The highest BCUT2D eigenvalue weighted by molar-refractivity contribution is 7.22. The molecule has 2 aliphatic carbocycles. The highest BCUT2D eigenvalue weighted by Gasteiger charge is 2.30. The van der Waals surface area contributed by atoms with Crippen LogP contribution >= 0.6 is 11.3 Å². The fourth-order valence-electron chi connectivity index (χ4n) is 3.86. The molecule has 7 heteroatoms. The summed E-state index contributed by atoms with van der Waals surface area (Å²) >= 11 is 1.53. The first-order valence-electron chi connectivity index (χ1n) is 10.3. The van der Waals surface area contributed by atoms with Gasteiger partial charge in [0.1, 0.15) is 6.61 Å². The van der Waals surface area contributed by atoms with E-state index in [9.17, 15) is 4.79 Å². The van der Waals surface area contributed by atoms with E-state index in [1.807, 2.05) is 18.5 Å². The lowest BCUT2D eigenvalue weighted by molar-refractivity contribution is -0.117. The fraction of sp³-hybridized carbons (Fsp3) is 0.455. The van der Waals surface area contributed by atoms with Crippen LogP contribution in [0.3, 0.4) is 0 Å². The minimum Gasteiger partial charge on any atom is -0.370 e. The summed E-state index contributed by atoms with van der Waals surface area (Å²) in [6.07, 6.45) is 10.9. The maximum atomic E-state index is 12.0. The Kier molecular flexibility index (Phi) is 5.01. The first-order chi connectivity index (χ1) is 14.2. The number of benzene rings is 1. The second-order valence-electron chi connectivity index (χ2n) is 7.97. The zero-order chi connectivity index (χ0) is 19.8. The Bertz CT molecular complexity index is 1040. The van der Waals surface area contributed by atoms with Crippen LogP contribution in [0.4, 0.5) is 5.13 Å². The van der Waals surface area contributed by atoms with Gasteiger partial charge in [0, 0.05) is 23.9 Å². The van der Waals surface area contributed by atoms with E-state index in [0.717, 1.165) is 58.4 Å². The second kappa shape index (κ2) is 7.80. The predicted octanol–water partition coefficient (Wildman–Crippen LogP) is 4.87. The van der Waals surface area contributed by atoms with E-state index in [4.69, 9.17) is 4.74 Å². The number of fused-ring (bicyclic) bond motifs is 1. The molecule has 3 aromatic rings. The molecule has 0 unspecified atom stereocenters. The maximum absolute atomic E-state index is 12.0. The van der Waals surface area contributed by atoms with Gasteiger partial charge in [-0.1, -0.05) is 30.2 Å². The molecule has 2 fully saturated rings. The second-order valence-corrected chi connectivity index (χ2v) is 8.97. The first-order valence-corrected chi connectivity index (χ1v) is 11.1. The Balaban J connectivity index is 1.33. The zero-order valence-electron chi connectivity index (χ0n) is 16.5. The van der Waals surface area contributed by atoms with Gasteiger partial charge >= 0.3 is 0 Å². The summed E-state index contributed by atoms with van der Waals surface area (Å²) in [7, 11) is 0. The van der Waals surface area contributed by atoms with Gasteiger partial charge in [-0.05, 0) is 49.8 Å². The molecule has 0 aliphatic heterocycles. The van der Waals surface area contributed by atoms with Gasteiger partial charge in [0.25, 0.3) is 0 Å². The normalized spacial score (nSPS) is 17.1. The number of ether oxygens (including phenoxy) is 1. The van der Waals surface area contributed by atoms with Gasteiger partial charge < -0.3 is 10.1 Å². The molecule has 2 heterocycles. The number of carbonyl (C=O) groups is 1. The van der Waals surface area contributed by atoms with E-state index < -0.39 is 0 Å². The van der Waals surface area contributed by atoms with Crippen LogP contribution < -0.4 is 5.32 Å². The van der Waals surface area contributed by atoms with Crippen molar-refractivity contribution in [3.63, 3.8) is 0 Å². The number of hydrogen-bond acceptors (Lipinski definition) is 6. The van der Waals surface area contributed by atoms with Crippen LogP contribution in [-0.4, -0.2) is 27.0 Å². The van der Waals surface area contributed by atoms with Crippen molar-refractivity contribution in [2.45, 2.75) is 58.2 Å². The zero-order valence-corrected chi connectivity index (χ0v) is 17.3. The molecule has 150 valence electrons. The number of carbonyl (C=O) groups excluding carboxylic acids is 1. The van der Waals surface area contributed by atoms with Crippen LogP contribution in [0, 0.1) is 12.8 Å². The highest BCUT2D eigenvalue weighted by Crippen LogP contribution is 2.36. The van der Waals surface area contributed by atoms with E-state index in [1.54, 1.807) is 0 Å². The van der Waals surface area contributed by atoms with Crippen molar-refractivity contribution >= 4 is 32.6 Å². The molecule has 0 atom stereocenters. The monoisotopic (exact) mass is 408 g/mol. The standard InChI is InChI=1S/C22H24N4O2S/c1-13-17(15-10-23-19(24-11-15)12-28-16-4-2-3-5-16)8-9-18-20(13)29-22(25-18)26-21(27)14-6-7-14/h8-11,14,16H,2-7,12H2,1H3,(H,25,26,27). The SMILES string of the molecule is Cc1c(-c2cnc(COC3CCCC3)nc2)ccc2nc(NC(=O)C3CC3)sc12. The van der Waals surface area contributed by atoms with E-state index in [0.29, 0.717) is 17.8 Å². The Morgan fingerprint density at radius 3 is 2.66 bits per heavy atom. The van der Waals surface area contributed by atoms with Gasteiger partial charge in [0.2, 0.25) is 5.91 Å². The third kappa shape index (κ3) is 4.02. The number of nitrogens with one attached hydrogen (secondary N) is 1. The summed E-state index contributed by atoms with van der Waals surface area (Å²) < 4.78 is 6.99. The number of amides is 1. The average molecular weight is 409 g/mol. The molecule has 0 spiro atoms. The van der Waals surface area contributed by atoms with E-state index in [-0.39, 0.29) is 11.8 Å². The quantitative estimate of drug-likeness (QED) is 0.630. The molecule has 1 amide bonds. The number of anilines is 1. The van der Waals surface area contributed by atoms with Crippen LogP contribution in [-0.2, 0) is 16.1 Å². The molecular formula is C22H24N4O2S. The Labute approximate surface area is 173 Å². The van der Waals surface area contributed by atoms with Crippen molar-refractivity contribution in [2.75, 3.05) is 5.32 Å². The van der Waals surface area contributed by atoms with Crippen molar-refractivity contribution in [3.8, 4) is 11.1 Å². The van der Waals surface area contributed by atoms with Crippen molar-refractivity contribution in [1.82, 2.24) is 15.0 Å². The molecule has 2 saturated carbocycles.